The molecule has 2 aliphatic rings. The number of carbonyl (C=O) groups is 1. The fraction of sp³-hybridized carbons (Fsp3) is 0.786. The van der Waals surface area contributed by atoms with Crippen molar-refractivity contribution in [3.8, 4) is 0 Å². The average molecular weight is 206 g/mol. The van der Waals surface area contributed by atoms with Crippen molar-refractivity contribution in [1.82, 2.24) is 0 Å². The van der Waals surface area contributed by atoms with E-state index in [1.165, 1.54) is 24.8 Å². The molecule has 1 nitrogen and oxygen atoms in total. The molecular formula is C14H22O. The quantitative estimate of drug-likeness (QED) is 0.638. The summed E-state index contributed by atoms with van der Waals surface area (Å²) in [5.74, 6) is 1.91. The second-order valence-corrected chi connectivity index (χ2v) is 5.94. The first-order valence-electron chi connectivity index (χ1n) is 6.25. The van der Waals surface area contributed by atoms with Gasteiger partial charge in [-0.15, -0.1) is 0 Å². The van der Waals surface area contributed by atoms with E-state index >= 15 is 0 Å². The predicted molar refractivity (Wildman–Crippen MR) is 62.6 cm³/mol. The number of hydrogen-bond acceptors (Lipinski definition) is 1. The summed E-state index contributed by atoms with van der Waals surface area (Å²) < 4.78 is 0. The maximum absolute atomic E-state index is 11.5. The molecule has 1 fully saturated rings. The standard InChI is InChI=1S/C14H22O/c1-10(2)11-4-6-14(3)7-5-13(15)9-12(14)8-11/h9-11H,4-8H2,1-3H3/t11-,14+/m1/s1. The smallest absolute Gasteiger partial charge is 0.155 e. The Morgan fingerprint density at radius 1 is 1.40 bits per heavy atom. The van der Waals surface area contributed by atoms with Gasteiger partial charge in [-0.3, -0.25) is 4.79 Å². The van der Waals surface area contributed by atoms with Gasteiger partial charge in [-0.1, -0.05) is 26.3 Å². The average Bonchev–Trinajstić information content (AvgIpc) is 2.18. The molecule has 0 heterocycles. The minimum Gasteiger partial charge on any atom is -0.295 e. The molecule has 0 aromatic heterocycles. The van der Waals surface area contributed by atoms with Gasteiger partial charge in [-0.05, 0) is 49.0 Å². The zero-order valence-electron chi connectivity index (χ0n) is 10.2. The third-order valence-corrected chi connectivity index (χ3v) is 4.53. The largest absolute Gasteiger partial charge is 0.295 e. The van der Waals surface area contributed by atoms with Crippen molar-refractivity contribution in [2.75, 3.05) is 0 Å². The molecular weight excluding hydrogens is 184 g/mol. The molecule has 15 heavy (non-hydrogen) atoms. The van der Waals surface area contributed by atoms with E-state index in [0.717, 1.165) is 24.7 Å². The first-order valence-corrected chi connectivity index (χ1v) is 6.25. The van der Waals surface area contributed by atoms with Crippen LogP contribution in [0.4, 0.5) is 0 Å². The van der Waals surface area contributed by atoms with Gasteiger partial charge in [0.15, 0.2) is 5.78 Å². The maximum atomic E-state index is 11.5. The number of ketones is 1. The van der Waals surface area contributed by atoms with E-state index in [-0.39, 0.29) is 0 Å². The Labute approximate surface area is 92.9 Å². The van der Waals surface area contributed by atoms with Crippen molar-refractivity contribution in [3.63, 3.8) is 0 Å². The molecule has 0 aliphatic heterocycles. The lowest BCUT2D eigenvalue weighted by molar-refractivity contribution is -0.116. The zero-order valence-corrected chi connectivity index (χ0v) is 10.2. The molecule has 0 saturated heterocycles. The van der Waals surface area contributed by atoms with Gasteiger partial charge >= 0.3 is 0 Å². The summed E-state index contributed by atoms with van der Waals surface area (Å²) >= 11 is 0. The van der Waals surface area contributed by atoms with Crippen LogP contribution in [0.25, 0.3) is 0 Å². The van der Waals surface area contributed by atoms with Crippen LogP contribution < -0.4 is 0 Å². The van der Waals surface area contributed by atoms with Crippen LogP contribution in [0.15, 0.2) is 11.6 Å². The fourth-order valence-electron chi connectivity index (χ4n) is 3.05. The van der Waals surface area contributed by atoms with Gasteiger partial charge in [0.05, 0.1) is 0 Å². The van der Waals surface area contributed by atoms with E-state index < -0.39 is 0 Å². The van der Waals surface area contributed by atoms with E-state index in [2.05, 4.69) is 20.8 Å². The third-order valence-electron chi connectivity index (χ3n) is 4.53. The fourth-order valence-corrected chi connectivity index (χ4v) is 3.05. The lowest BCUT2D eigenvalue weighted by Gasteiger charge is -2.43. The van der Waals surface area contributed by atoms with Crippen LogP contribution in [0, 0.1) is 17.3 Å². The second kappa shape index (κ2) is 3.77. The molecule has 1 saturated carbocycles. The molecule has 0 unspecified atom stereocenters. The van der Waals surface area contributed by atoms with Crippen LogP contribution in [0.5, 0.6) is 0 Å². The SMILES string of the molecule is CC(C)[C@@H]1CC[C@@]2(C)CCC(=O)C=C2C1. The Hall–Kier alpha value is -0.590. The maximum Gasteiger partial charge on any atom is 0.155 e. The highest BCUT2D eigenvalue weighted by atomic mass is 16.1. The van der Waals surface area contributed by atoms with Crippen LogP contribution in [0.3, 0.4) is 0 Å². The monoisotopic (exact) mass is 206 g/mol. The summed E-state index contributed by atoms with van der Waals surface area (Å²) in [6, 6.07) is 0. The van der Waals surface area contributed by atoms with E-state index in [9.17, 15) is 4.79 Å². The molecule has 84 valence electrons. The van der Waals surface area contributed by atoms with Crippen LogP contribution in [0.2, 0.25) is 0 Å². The van der Waals surface area contributed by atoms with Gasteiger partial charge in [0.2, 0.25) is 0 Å². The van der Waals surface area contributed by atoms with E-state index in [1.807, 2.05) is 6.08 Å². The highest BCUT2D eigenvalue weighted by molar-refractivity contribution is 5.91. The summed E-state index contributed by atoms with van der Waals surface area (Å²) in [7, 11) is 0. The summed E-state index contributed by atoms with van der Waals surface area (Å²) in [6.45, 7) is 6.96. The van der Waals surface area contributed by atoms with Gasteiger partial charge in [0.25, 0.3) is 0 Å². The molecule has 0 aromatic rings. The van der Waals surface area contributed by atoms with Crippen molar-refractivity contribution in [1.29, 1.82) is 0 Å². The first kappa shape index (κ1) is 10.9. The Morgan fingerprint density at radius 2 is 2.13 bits per heavy atom. The van der Waals surface area contributed by atoms with Crippen LogP contribution in [0.1, 0.15) is 52.9 Å². The summed E-state index contributed by atoms with van der Waals surface area (Å²) in [5.41, 5.74) is 1.81. The van der Waals surface area contributed by atoms with Crippen LogP contribution in [-0.4, -0.2) is 5.78 Å². The van der Waals surface area contributed by atoms with E-state index in [0.29, 0.717) is 11.2 Å². The Bertz CT molecular complexity index is 300. The Balaban J connectivity index is 2.19. The molecule has 1 heteroatoms. The van der Waals surface area contributed by atoms with Gasteiger partial charge in [-0.25, -0.2) is 0 Å². The summed E-state index contributed by atoms with van der Waals surface area (Å²) in [5, 5.41) is 0. The number of fused-ring (bicyclic) bond motifs is 1. The normalized spacial score (nSPS) is 36.4. The highest BCUT2D eigenvalue weighted by Gasteiger charge is 2.38. The zero-order chi connectivity index (χ0) is 11.1. The Kier molecular flexibility index (Phi) is 2.74. The van der Waals surface area contributed by atoms with Crippen molar-refractivity contribution in [3.05, 3.63) is 11.6 Å². The topological polar surface area (TPSA) is 17.1 Å². The van der Waals surface area contributed by atoms with Crippen molar-refractivity contribution < 1.29 is 4.79 Å². The van der Waals surface area contributed by atoms with Gasteiger partial charge < -0.3 is 0 Å². The second-order valence-electron chi connectivity index (χ2n) is 5.94. The molecule has 2 rings (SSSR count). The third kappa shape index (κ3) is 2.02. The molecule has 2 atom stereocenters. The van der Waals surface area contributed by atoms with Gasteiger partial charge in [-0.2, -0.15) is 0 Å². The molecule has 0 spiro atoms. The highest BCUT2D eigenvalue weighted by Crippen LogP contribution is 2.49. The number of rotatable bonds is 1. The molecule has 0 radical (unpaired) electrons. The van der Waals surface area contributed by atoms with E-state index in [4.69, 9.17) is 0 Å². The number of allylic oxidation sites excluding steroid dienone is 2. The number of carbonyl (C=O) groups excluding carboxylic acids is 1. The molecule has 0 N–H and O–H groups in total. The van der Waals surface area contributed by atoms with Gasteiger partial charge in [0.1, 0.15) is 0 Å². The van der Waals surface area contributed by atoms with Crippen molar-refractivity contribution >= 4 is 5.78 Å². The van der Waals surface area contributed by atoms with Crippen molar-refractivity contribution in [2.45, 2.75) is 52.9 Å². The first-order chi connectivity index (χ1) is 7.01. The van der Waals surface area contributed by atoms with Crippen LogP contribution in [-0.2, 0) is 4.79 Å². The number of hydrogen-bond donors (Lipinski definition) is 0. The Morgan fingerprint density at radius 3 is 2.80 bits per heavy atom. The lowest BCUT2D eigenvalue weighted by Crippen LogP contribution is -2.32. The minimum absolute atomic E-state index is 0.354. The molecule has 0 bridgehead atoms. The minimum atomic E-state index is 0.354. The predicted octanol–water partition coefficient (Wildman–Crippen LogP) is 3.74. The molecule has 0 amide bonds. The lowest BCUT2D eigenvalue weighted by atomic mass is 9.62. The summed E-state index contributed by atoms with van der Waals surface area (Å²) in [6.07, 6.45) is 7.61. The molecule has 2 aliphatic carbocycles. The van der Waals surface area contributed by atoms with Crippen molar-refractivity contribution in [2.24, 2.45) is 17.3 Å². The molecule has 0 aromatic carbocycles. The summed E-state index contributed by atoms with van der Waals surface area (Å²) in [4.78, 5) is 11.5. The van der Waals surface area contributed by atoms with E-state index in [1.54, 1.807) is 0 Å². The van der Waals surface area contributed by atoms with Crippen LogP contribution >= 0.6 is 0 Å². The van der Waals surface area contributed by atoms with Gasteiger partial charge in [0, 0.05) is 6.42 Å².